The van der Waals surface area contributed by atoms with Crippen molar-refractivity contribution in [3.05, 3.63) is 51.6 Å². The van der Waals surface area contributed by atoms with E-state index in [0.717, 1.165) is 10.6 Å². The first-order valence-corrected chi connectivity index (χ1v) is 9.70. The van der Waals surface area contributed by atoms with Crippen LogP contribution in [0, 0.1) is 5.82 Å². The maximum atomic E-state index is 14.4. The molecule has 1 aliphatic rings. The van der Waals surface area contributed by atoms with Crippen LogP contribution < -0.4 is 10.9 Å². The first-order chi connectivity index (χ1) is 14.0. The molecule has 3 rings (SSSR count). The lowest BCUT2D eigenvalue weighted by molar-refractivity contribution is -0.228. The van der Waals surface area contributed by atoms with Crippen LogP contribution >= 0.6 is 11.8 Å². The molecule has 1 aromatic heterocycles. The van der Waals surface area contributed by atoms with Crippen LogP contribution in [0.5, 0.6) is 0 Å². The molecule has 1 aliphatic heterocycles. The Morgan fingerprint density at radius 2 is 1.93 bits per heavy atom. The van der Waals surface area contributed by atoms with Gasteiger partial charge >= 0.3 is 12.1 Å². The van der Waals surface area contributed by atoms with E-state index in [1.165, 1.54) is 30.9 Å². The Balaban J connectivity index is 2.02. The molecular formula is C18H15F4N3O4S. The second-order valence-corrected chi connectivity index (χ2v) is 7.17. The van der Waals surface area contributed by atoms with E-state index in [2.05, 4.69) is 10.2 Å². The number of hydrogen-bond donors (Lipinski definition) is 1. The normalized spacial score (nSPS) is 13.8. The highest BCUT2D eigenvalue weighted by Gasteiger charge is 2.44. The number of hydroxylamine groups is 2. The second kappa shape index (κ2) is 8.01. The smallest absolute Gasteiger partial charge is 0.338 e. The van der Waals surface area contributed by atoms with Crippen LogP contribution in [0.2, 0.25) is 0 Å². The van der Waals surface area contributed by atoms with Gasteiger partial charge in [-0.05, 0) is 36.4 Å². The van der Waals surface area contributed by atoms with Gasteiger partial charge in [-0.3, -0.25) is 14.2 Å². The van der Waals surface area contributed by atoms with Gasteiger partial charge in [0.15, 0.2) is 0 Å². The van der Waals surface area contributed by atoms with E-state index < -0.39 is 29.4 Å². The summed E-state index contributed by atoms with van der Waals surface area (Å²) in [5, 5.41) is 2.94. The van der Waals surface area contributed by atoms with Gasteiger partial charge in [-0.1, -0.05) is 0 Å². The number of amides is 1. The number of benzene rings is 1. The molecule has 0 atom stereocenters. The van der Waals surface area contributed by atoms with Crippen LogP contribution in [0.15, 0.2) is 34.0 Å². The molecule has 0 saturated heterocycles. The molecule has 1 aromatic carbocycles. The largest absolute Gasteiger partial charge is 0.493 e. The van der Waals surface area contributed by atoms with Crippen LogP contribution in [0.25, 0.3) is 0 Å². The molecule has 160 valence electrons. The molecule has 0 spiro atoms. The summed E-state index contributed by atoms with van der Waals surface area (Å²) in [5.74, 6) is -4.40. The average Bonchev–Trinajstić information content (AvgIpc) is 2.67. The van der Waals surface area contributed by atoms with Gasteiger partial charge in [0, 0.05) is 18.0 Å². The van der Waals surface area contributed by atoms with Gasteiger partial charge < -0.3 is 10.2 Å². The number of carbonyl (C=O) groups is 2. The van der Waals surface area contributed by atoms with E-state index >= 15 is 0 Å². The van der Waals surface area contributed by atoms with Crippen LogP contribution in [0.1, 0.15) is 15.9 Å². The zero-order valence-electron chi connectivity index (χ0n) is 15.7. The monoisotopic (exact) mass is 445 g/mol. The van der Waals surface area contributed by atoms with Crippen molar-refractivity contribution in [3.63, 3.8) is 0 Å². The average molecular weight is 445 g/mol. The van der Waals surface area contributed by atoms with Gasteiger partial charge in [-0.2, -0.15) is 18.2 Å². The Bertz CT molecular complexity index is 1080. The third kappa shape index (κ3) is 4.13. The van der Waals surface area contributed by atoms with Gasteiger partial charge in [-0.25, -0.2) is 9.18 Å². The number of carbonyl (C=O) groups excluding carboxylic acids is 2. The first-order valence-electron chi connectivity index (χ1n) is 8.47. The van der Waals surface area contributed by atoms with E-state index in [1.54, 1.807) is 12.3 Å². The summed E-state index contributed by atoms with van der Waals surface area (Å²) in [6.45, 7) is -0.364. The number of anilines is 2. The molecule has 0 radical (unpaired) electrons. The van der Waals surface area contributed by atoms with Crippen molar-refractivity contribution in [1.29, 1.82) is 0 Å². The van der Waals surface area contributed by atoms with Gasteiger partial charge in [0.2, 0.25) is 0 Å². The highest BCUT2D eigenvalue weighted by atomic mass is 32.2. The summed E-state index contributed by atoms with van der Waals surface area (Å²) >= 11 is 1.31. The molecule has 0 saturated carbocycles. The maximum Gasteiger partial charge on any atom is 0.493 e. The zero-order chi connectivity index (χ0) is 22.2. The van der Waals surface area contributed by atoms with Crippen molar-refractivity contribution in [1.82, 2.24) is 9.63 Å². The Kier molecular flexibility index (Phi) is 5.79. The number of thioether (sulfide) groups is 1. The molecule has 1 amide bonds. The van der Waals surface area contributed by atoms with Crippen molar-refractivity contribution < 1.29 is 32.0 Å². The number of aromatic nitrogens is 1. The Morgan fingerprint density at radius 3 is 2.53 bits per heavy atom. The molecule has 0 bridgehead atoms. The number of hydrogen-bond acceptors (Lipinski definition) is 6. The number of fused-ring (bicyclic) bond motifs is 1. The lowest BCUT2D eigenvalue weighted by Crippen LogP contribution is -2.43. The molecule has 30 heavy (non-hydrogen) atoms. The van der Waals surface area contributed by atoms with E-state index in [0.29, 0.717) is 4.90 Å². The fourth-order valence-electron chi connectivity index (χ4n) is 2.87. The van der Waals surface area contributed by atoms with Crippen molar-refractivity contribution in [3.8, 4) is 0 Å². The van der Waals surface area contributed by atoms with Crippen LogP contribution in [-0.2, 0) is 23.1 Å². The Labute approximate surface area is 171 Å². The standard InChI is InChI=1S/C18H15F4N3O4S/c1-24-13(26)7-9-5-6-25(29-17(28)18(20,21)22)16(27)14(9)15(24)23-12-4-3-10(30-2)8-11(12)19/h3-4,7-8,23H,5-6H2,1-2H3. The molecule has 2 aromatic rings. The van der Waals surface area contributed by atoms with Gasteiger partial charge in [0.1, 0.15) is 11.6 Å². The maximum absolute atomic E-state index is 14.4. The number of nitrogens with one attached hydrogen (secondary N) is 1. The number of rotatable bonds is 4. The summed E-state index contributed by atoms with van der Waals surface area (Å²) in [5.41, 5.74) is -0.503. The van der Waals surface area contributed by atoms with Crippen molar-refractivity contribution in [2.75, 3.05) is 18.1 Å². The number of halogens is 4. The van der Waals surface area contributed by atoms with Gasteiger partial charge in [0.25, 0.3) is 11.5 Å². The van der Waals surface area contributed by atoms with Crippen LogP contribution in [0.3, 0.4) is 0 Å². The van der Waals surface area contributed by atoms with E-state index in [9.17, 15) is 31.9 Å². The van der Waals surface area contributed by atoms with Gasteiger partial charge in [-0.15, -0.1) is 11.8 Å². The summed E-state index contributed by atoms with van der Waals surface area (Å²) < 4.78 is 52.9. The van der Waals surface area contributed by atoms with Crippen molar-refractivity contribution in [2.45, 2.75) is 17.5 Å². The number of pyridine rings is 1. The van der Waals surface area contributed by atoms with Crippen molar-refractivity contribution >= 4 is 35.1 Å². The topological polar surface area (TPSA) is 80.6 Å². The number of nitrogens with zero attached hydrogens (tertiary/aromatic N) is 2. The predicted octanol–water partition coefficient (Wildman–Crippen LogP) is 3.01. The quantitative estimate of drug-likeness (QED) is 0.576. The van der Waals surface area contributed by atoms with E-state index in [4.69, 9.17) is 0 Å². The SMILES string of the molecule is CSc1ccc(Nc2c3c(cc(=O)n2C)CCN(OC(=O)C(F)(F)F)C3=O)c(F)c1. The molecular weight excluding hydrogens is 430 g/mol. The van der Waals surface area contributed by atoms with Crippen LogP contribution in [-0.4, -0.2) is 40.5 Å². The second-order valence-electron chi connectivity index (χ2n) is 6.29. The summed E-state index contributed by atoms with van der Waals surface area (Å²) in [6, 6.07) is 5.43. The lowest BCUT2D eigenvalue weighted by atomic mass is 10.0. The zero-order valence-corrected chi connectivity index (χ0v) is 16.5. The van der Waals surface area contributed by atoms with Crippen molar-refractivity contribution in [2.24, 2.45) is 7.05 Å². The molecule has 1 N–H and O–H groups in total. The predicted molar refractivity (Wildman–Crippen MR) is 100 cm³/mol. The van der Waals surface area contributed by atoms with Gasteiger partial charge in [0.05, 0.1) is 17.8 Å². The fraction of sp³-hybridized carbons (Fsp3) is 0.278. The minimum atomic E-state index is -5.28. The molecule has 12 heteroatoms. The number of alkyl halides is 3. The Hall–Kier alpha value is -3.02. The molecule has 7 nitrogen and oxygen atoms in total. The minimum absolute atomic E-state index is 0.0368. The molecule has 2 heterocycles. The minimum Gasteiger partial charge on any atom is -0.338 e. The lowest BCUT2D eigenvalue weighted by Gasteiger charge is -2.29. The summed E-state index contributed by atoms with van der Waals surface area (Å²) in [4.78, 5) is 41.0. The third-order valence-electron chi connectivity index (χ3n) is 4.40. The van der Waals surface area contributed by atoms with Crippen LogP contribution in [0.4, 0.5) is 29.1 Å². The third-order valence-corrected chi connectivity index (χ3v) is 5.13. The highest BCUT2D eigenvalue weighted by Crippen LogP contribution is 2.30. The molecule has 0 aliphatic carbocycles. The summed E-state index contributed by atoms with van der Waals surface area (Å²) in [6.07, 6.45) is -3.56. The van der Waals surface area contributed by atoms with E-state index in [1.807, 2.05) is 0 Å². The summed E-state index contributed by atoms with van der Waals surface area (Å²) in [7, 11) is 1.31. The first kappa shape index (κ1) is 21.7. The Morgan fingerprint density at radius 1 is 1.23 bits per heavy atom. The molecule has 0 fully saturated rings. The highest BCUT2D eigenvalue weighted by molar-refractivity contribution is 7.98. The molecule has 0 unspecified atom stereocenters. The fourth-order valence-corrected chi connectivity index (χ4v) is 3.29. The van der Waals surface area contributed by atoms with E-state index in [-0.39, 0.29) is 40.7 Å².